The first-order valence-electron chi connectivity index (χ1n) is 7.25. The number of carbonyl (C=O) groups is 2. The maximum Gasteiger partial charge on any atom is 0.332 e. The lowest BCUT2D eigenvalue weighted by Crippen LogP contribution is -2.33. The number of hydrogen-bond acceptors (Lipinski definition) is 3. The van der Waals surface area contributed by atoms with Crippen molar-refractivity contribution in [2.24, 2.45) is 0 Å². The molecule has 1 saturated heterocycles. The van der Waals surface area contributed by atoms with E-state index in [-0.39, 0.29) is 12.0 Å². The van der Waals surface area contributed by atoms with Gasteiger partial charge >= 0.3 is 5.97 Å². The average molecular weight is 291 g/mol. The largest absolute Gasteiger partial charge is 0.479 e. The zero-order valence-corrected chi connectivity index (χ0v) is 12.2. The summed E-state index contributed by atoms with van der Waals surface area (Å²) >= 11 is 0. The summed E-state index contributed by atoms with van der Waals surface area (Å²) in [6.07, 6.45) is 1.41. The predicted molar refractivity (Wildman–Crippen MR) is 78.0 cm³/mol. The number of aryl methyl sites for hydroxylation is 2. The molecule has 1 aromatic carbocycles. The molecule has 5 nitrogen and oxygen atoms in total. The topological polar surface area (TPSA) is 75.6 Å². The smallest absolute Gasteiger partial charge is 0.332 e. The third kappa shape index (κ3) is 4.86. The summed E-state index contributed by atoms with van der Waals surface area (Å²) < 4.78 is 5.34. The van der Waals surface area contributed by atoms with Crippen LogP contribution < -0.4 is 5.32 Å². The number of nitrogens with one attached hydrogen (secondary N) is 1. The lowest BCUT2D eigenvalue weighted by atomic mass is 10.1. The first-order chi connectivity index (χ1) is 10.0. The molecule has 2 rings (SSSR count). The third-order valence-corrected chi connectivity index (χ3v) is 3.63. The molecular formula is C16H21NO4. The number of carboxylic acids is 1. The molecule has 0 radical (unpaired) electrons. The fourth-order valence-corrected chi connectivity index (χ4v) is 2.48. The van der Waals surface area contributed by atoms with Gasteiger partial charge in [-0.2, -0.15) is 0 Å². The summed E-state index contributed by atoms with van der Waals surface area (Å²) in [5.41, 5.74) is 2.33. The Balaban J connectivity index is 1.67. The second kappa shape index (κ2) is 7.22. The number of aliphatic carboxylic acids is 1. The number of rotatable bonds is 6. The van der Waals surface area contributed by atoms with Crippen LogP contribution in [-0.4, -0.2) is 35.7 Å². The van der Waals surface area contributed by atoms with Crippen molar-refractivity contribution in [2.75, 3.05) is 6.54 Å². The van der Waals surface area contributed by atoms with Crippen LogP contribution in [0.4, 0.5) is 0 Å². The highest BCUT2D eigenvalue weighted by Crippen LogP contribution is 2.19. The fraction of sp³-hybridized carbons (Fsp3) is 0.500. The number of carboxylic acid groups (broad SMARTS) is 1. The van der Waals surface area contributed by atoms with Gasteiger partial charge in [0.05, 0.1) is 6.10 Å². The molecule has 0 aliphatic carbocycles. The van der Waals surface area contributed by atoms with Crippen LogP contribution >= 0.6 is 0 Å². The van der Waals surface area contributed by atoms with E-state index in [1.807, 2.05) is 25.1 Å². The van der Waals surface area contributed by atoms with Crippen LogP contribution in [0.15, 0.2) is 24.3 Å². The molecule has 21 heavy (non-hydrogen) atoms. The van der Waals surface area contributed by atoms with Gasteiger partial charge in [-0.25, -0.2) is 4.79 Å². The van der Waals surface area contributed by atoms with Crippen LogP contribution in [0, 0.1) is 6.92 Å². The number of carbonyl (C=O) groups excluding carboxylic acids is 1. The highest BCUT2D eigenvalue weighted by Gasteiger charge is 2.30. The van der Waals surface area contributed by atoms with Crippen molar-refractivity contribution < 1.29 is 19.4 Å². The van der Waals surface area contributed by atoms with Crippen molar-refractivity contribution >= 4 is 11.9 Å². The molecule has 1 heterocycles. The molecule has 2 atom stereocenters. The Bertz CT molecular complexity index is 515. The van der Waals surface area contributed by atoms with Gasteiger partial charge in [0.2, 0.25) is 5.91 Å². The summed E-state index contributed by atoms with van der Waals surface area (Å²) in [5, 5.41) is 11.6. The Kier molecular flexibility index (Phi) is 5.33. The van der Waals surface area contributed by atoms with E-state index in [4.69, 9.17) is 9.84 Å². The Morgan fingerprint density at radius 1 is 1.38 bits per heavy atom. The van der Waals surface area contributed by atoms with Gasteiger partial charge in [0, 0.05) is 13.0 Å². The van der Waals surface area contributed by atoms with Crippen molar-refractivity contribution in [3.63, 3.8) is 0 Å². The van der Waals surface area contributed by atoms with Gasteiger partial charge < -0.3 is 15.2 Å². The predicted octanol–water partition coefficient (Wildman–Crippen LogP) is 1.68. The molecule has 1 fully saturated rings. The van der Waals surface area contributed by atoms with Gasteiger partial charge in [-0.3, -0.25) is 4.79 Å². The molecule has 0 bridgehead atoms. The van der Waals surface area contributed by atoms with Gasteiger partial charge in [-0.05, 0) is 31.7 Å². The molecule has 0 aromatic heterocycles. The van der Waals surface area contributed by atoms with Gasteiger partial charge in [-0.1, -0.05) is 29.8 Å². The first-order valence-corrected chi connectivity index (χ1v) is 7.25. The zero-order chi connectivity index (χ0) is 15.2. The van der Waals surface area contributed by atoms with E-state index in [9.17, 15) is 9.59 Å². The molecule has 2 N–H and O–H groups in total. The molecule has 1 aliphatic rings. The van der Waals surface area contributed by atoms with E-state index in [1.165, 1.54) is 5.56 Å². The van der Waals surface area contributed by atoms with Crippen LogP contribution in [0.25, 0.3) is 0 Å². The molecule has 114 valence electrons. The summed E-state index contributed by atoms with van der Waals surface area (Å²) in [4.78, 5) is 22.6. The minimum Gasteiger partial charge on any atom is -0.479 e. The zero-order valence-electron chi connectivity index (χ0n) is 12.2. The van der Waals surface area contributed by atoms with Crippen molar-refractivity contribution in [1.82, 2.24) is 5.32 Å². The van der Waals surface area contributed by atoms with Crippen molar-refractivity contribution in [3.05, 3.63) is 35.4 Å². The van der Waals surface area contributed by atoms with E-state index >= 15 is 0 Å². The minimum absolute atomic E-state index is 0.0288. The monoisotopic (exact) mass is 291 g/mol. The maximum absolute atomic E-state index is 11.8. The second-order valence-corrected chi connectivity index (χ2v) is 5.46. The Morgan fingerprint density at radius 2 is 2.19 bits per heavy atom. The Labute approximate surface area is 124 Å². The fourth-order valence-electron chi connectivity index (χ4n) is 2.48. The van der Waals surface area contributed by atoms with Gasteiger partial charge in [0.1, 0.15) is 0 Å². The molecule has 1 aromatic rings. The highest BCUT2D eigenvalue weighted by molar-refractivity contribution is 5.76. The van der Waals surface area contributed by atoms with Crippen LogP contribution in [-0.2, 0) is 20.7 Å². The van der Waals surface area contributed by atoms with Crippen molar-refractivity contribution in [1.29, 1.82) is 0 Å². The number of benzene rings is 1. The quantitative estimate of drug-likeness (QED) is 0.836. The molecule has 1 amide bonds. The molecular weight excluding hydrogens is 270 g/mol. The standard InChI is InChI=1S/C16H21NO4/c1-11-3-2-4-12(9-11)5-8-15(18)17-10-13-6-7-14(21-13)16(19)20/h2-4,9,13-14H,5-8,10H2,1H3,(H,17,18)(H,19,20). The third-order valence-electron chi connectivity index (χ3n) is 3.63. The van der Waals surface area contributed by atoms with Gasteiger partial charge in [-0.15, -0.1) is 0 Å². The first kappa shape index (κ1) is 15.5. The van der Waals surface area contributed by atoms with E-state index in [2.05, 4.69) is 11.4 Å². The van der Waals surface area contributed by atoms with E-state index in [0.717, 1.165) is 5.56 Å². The van der Waals surface area contributed by atoms with Gasteiger partial charge in [0.15, 0.2) is 6.10 Å². The van der Waals surface area contributed by atoms with E-state index in [1.54, 1.807) is 0 Å². The molecule has 2 unspecified atom stereocenters. The number of hydrogen-bond donors (Lipinski definition) is 2. The minimum atomic E-state index is -0.928. The summed E-state index contributed by atoms with van der Waals surface area (Å²) in [7, 11) is 0. The number of ether oxygens (including phenoxy) is 1. The van der Waals surface area contributed by atoms with Crippen LogP contribution in [0.3, 0.4) is 0 Å². The van der Waals surface area contributed by atoms with Crippen LogP contribution in [0.1, 0.15) is 30.4 Å². The summed E-state index contributed by atoms with van der Waals surface area (Å²) in [6.45, 7) is 2.41. The Morgan fingerprint density at radius 3 is 2.86 bits per heavy atom. The normalized spacial score (nSPS) is 21.2. The molecule has 5 heteroatoms. The summed E-state index contributed by atoms with van der Waals surface area (Å²) in [6, 6.07) is 8.10. The molecule has 0 saturated carbocycles. The second-order valence-electron chi connectivity index (χ2n) is 5.46. The maximum atomic E-state index is 11.8. The molecule has 1 aliphatic heterocycles. The average Bonchev–Trinajstić information content (AvgIpc) is 2.92. The Hall–Kier alpha value is -1.88. The van der Waals surface area contributed by atoms with Gasteiger partial charge in [0.25, 0.3) is 0 Å². The van der Waals surface area contributed by atoms with Crippen LogP contribution in [0.5, 0.6) is 0 Å². The summed E-state index contributed by atoms with van der Waals surface area (Å²) in [5.74, 6) is -0.956. The van der Waals surface area contributed by atoms with Crippen molar-refractivity contribution in [3.8, 4) is 0 Å². The lowest BCUT2D eigenvalue weighted by Gasteiger charge is -2.12. The van der Waals surface area contributed by atoms with Crippen LogP contribution in [0.2, 0.25) is 0 Å². The van der Waals surface area contributed by atoms with Crippen molar-refractivity contribution in [2.45, 2.75) is 44.8 Å². The lowest BCUT2D eigenvalue weighted by molar-refractivity contribution is -0.149. The number of amides is 1. The van der Waals surface area contributed by atoms with E-state index < -0.39 is 12.1 Å². The SMILES string of the molecule is Cc1cccc(CCC(=O)NCC2CCC(C(=O)O)O2)c1. The van der Waals surface area contributed by atoms with E-state index in [0.29, 0.717) is 32.2 Å². The highest BCUT2D eigenvalue weighted by atomic mass is 16.5. The molecule has 0 spiro atoms.